The van der Waals surface area contributed by atoms with Gasteiger partial charge in [0.25, 0.3) is 0 Å². The molecule has 0 saturated heterocycles. The van der Waals surface area contributed by atoms with Gasteiger partial charge in [0.2, 0.25) is 12.2 Å². The Morgan fingerprint density at radius 3 is 1.09 bits per heavy atom. The predicted octanol–water partition coefficient (Wildman–Crippen LogP) is 0.611. The summed E-state index contributed by atoms with van der Waals surface area (Å²) < 4.78 is 28.0. The Morgan fingerprint density at radius 2 is 0.818 bits per heavy atom. The van der Waals surface area contributed by atoms with Gasteiger partial charge >= 0.3 is 47.8 Å². The summed E-state index contributed by atoms with van der Waals surface area (Å²) in [6, 6.07) is 6.97. The van der Waals surface area contributed by atoms with Crippen molar-refractivity contribution in [1.82, 2.24) is 0 Å². The van der Waals surface area contributed by atoms with Gasteiger partial charge in [-0.15, -0.1) is 0 Å². The SMILES string of the molecule is COC(=O)c1ccc(CC(=O)OC(C(=O)O)C(OC(=O)Cc2ccc(C(=O)OC)c(C(=O)OC)c2)C(=O)O)cc1C(=O)OC. The van der Waals surface area contributed by atoms with E-state index in [0.717, 1.165) is 52.7 Å². The molecule has 2 aromatic carbocycles. The highest BCUT2D eigenvalue weighted by Gasteiger charge is 2.40. The molecule has 234 valence electrons. The zero-order chi connectivity index (χ0) is 33.1. The lowest BCUT2D eigenvalue weighted by molar-refractivity contribution is -0.187. The van der Waals surface area contributed by atoms with Gasteiger partial charge in [-0.3, -0.25) is 9.59 Å². The number of carbonyl (C=O) groups is 8. The van der Waals surface area contributed by atoms with E-state index >= 15 is 0 Å². The first kappa shape index (κ1) is 34.4. The molecule has 16 heteroatoms. The van der Waals surface area contributed by atoms with Crippen molar-refractivity contribution in [2.75, 3.05) is 28.4 Å². The van der Waals surface area contributed by atoms with Crippen LogP contribution in [0.3, 0.4) is 0 Å². The minimum Gasteiger partial charge on any atom is -0.478 e. The van der Waals surface area contributed by atoms with Crippen LogP contribution in [-0.2, 0) is 60.4 Å². The Morgan fingerprint density at radius 1 is 0.523 bits per heavy atom. The summed E-state index contributed by atoms with van der Waals surface area (Å²) in [4.78, 5) is 97.0. The van der Waals surface area contributed by atoms with Gasteiger partial charge in [-0.05, 0) is 35.4 Å². The van der Waals surface area contributed by atoms with Crippen molar-refractivity contribution in [3.05, 3.63) is 69.8 Å². The van der Waals surface area contributed by atoms with Crippen LogP contribution in [0.25, 0.3) is 0 Å². The van der Waals surface area contributed by atoms with Gasteiger partial charge in [0.15, 0.2) is 0 Å². The molecule has 0 radical (unpaired) electrons. The molecule has 0 amide bonds. The standard InChI is InChI=1S/C28H26O16/c1-39-25(35)15-7-5-13(9-17(15)27(37)41-3)11-19(29)43-21(23(31)32)22(24(33)34)44-20(30)12-14-6-8-16(26(36)40-2)18(10-14)28(38)42-4/h5-10,21-22H,11-12H2,1-4H3,(H,31,32)(H,33,34). The van der Waals surface area contributed by atoms with E-state index in [1.807, 2.05) is 0 Å². The Kier molecular flexibility index (Phi) is 12.1. The van der Waals surface area contributed by atoms with Gasteiger partial charge in [-0.1, -0.05) is 12.1 Å². The first-order valence-electron chi connectivity index (χ1n) is 12.2. The lowest BCUT2D eigenvalue weighted by Gasteiger charge is -2.21. The quantitative estimate of drug-likeness (QED) is 0.231. The van der Waals surface area contributed by atoms with E-state index in [1.54, 1.807) is 0 Å². The first-order chi connectivity index (χ1) is 20.8. The summed E-state index contributed by atoms with van der Waals surface area (Å²) in [7, 11) is 4.24. The number of rotatable bonds is 13. The Labute approximate surface area is 248 Å². The van der Waals surface area contributed by atoms with Crippen molar-refractivity contribution in [3.63, 3.8) is 0 Å². The summed E-state index contributed by atoms with van der Waals surface area (Å²) in [5.41, 5.74) is -0.813. The monoisotopic (exact) mass is 618 g/mol. The number of esters is 6. The number of carboxylic acid groups (broad SMARTS) is 2. The zero-order valence-corrected chi connectivity index (χ0v) is 23.6. The molecule has 2 aromatic rings. The molecule has 0 fully saturated rings. The molecule has 2 rings (SSSR count). The smallest absolute Gasteiger partial charge is 0.349 e. The zero-order valence-electron chi connectivity index (χ0n) is 23.6. The third kappa shape index (κ3) is 8.60. The average molecular weight is 619 g/mol. The molecule has 0 heterocycles. The third-order valence-corrected chi connectivity index (χ3v) is 5.76. The van der Waals surface area contributed by atoms with Crippen LogP contribution in [0.5, 0.6) is 0 Å². The number of methoxy groups -OCH3 is 4. The van der Waals surface area contributed by atoms with Crippen LogP contribution in [0.4, 0.5) is 0 Å². The minimum absolute atomic E-state index is 0.0490. The third-order valence-electron chi connectivity index (χ3n) is 5.76. The van der Waals surface area contributed by atoms with E-state index in [2.05, 4.69) is 18.9 Å². The van der Waals surface area contributed by atoms with Crippen LogP contribution < -0.4 is 0 Å². The normalized spacial score (nSPS) is 11.6. The van der Waals surface area contributed by atoms with Crippen molar-refractivity contribution in [2.45, 2.75) is 25.0 Å². The lowest BCUT2D eigenvalue weighted by atomic mass is 10.0. The van der Waals surface area contributed by atoms with Gasteiger partial charge in [-0.25, -0.2) is 28.8 Å². The summed E-state index contributed by atoms with van der Waals surface area (Å²) >= 11 is 0. The number of hydrogen-bond acceptors (Lipinski definition) is 14. The fourth-order valence-electron chi connectivity index (χ4n) is 3.72. The molecule has 16 nitrogen and oxygen atoms in total. The number of aliphatic carboxylic acids is 2. The second kappa shape index (κ2) is 15.4. The van der Waals surface area contributed by atoms with Crippen LogP contribution >= 0.6 is 0 Å². The Balaban J connectivity index is 2.25. The van der Waals surface area contributed by atoms with Crippen LogP contribution in [-0.4, -0.2) is 98.6 Å². The van der Waals surface area contributed by atoms with E-state index in [9.17, 15) is 48.6 Å². The van der Waals surface area contributed by atoms with Gasteiger partial charge < -0.3 is 38.6 Å². The Bertz CT molecular complexity index is 1380. The topological polar surface area (TPSA) is 232 Å². The fourth-order valence-corrected chi connectivity index (χ4v) is 3.72. The fraction of sp³-hybridized carbons (Fsp3) is 0.286. The van der Waals surface area contributed by atoms with E-state index < -0.39 is 72.8 Å². The van der Waals surface area contributed by atoms with E-state index in [4.69, 9.17) is 9.47 Å². The van der Waals surface area contributed by atoms with Crippen LogP contribution in [0.2, 0.25) is 0 Å². The van der Waals surface area contributed by atoms with Crippen molar-refractivity contribution >= 4 is 47.8 Å². The maximum Gasteiger partial charge on any atom is 0.349 e. The number of benzene rings is 2. The number of hydrogen-bond donors (Lipinski definition) is 2. The number of carbonyl (C=O) groups excluding carboxylic acids is 6. The molecule has 2 atom stereocenters. The Hall–Kier alpha value is -5.80. The second-order valence-corrected chi connectivity index (χ2v) is 8.58. The molecular formula is C28H26O16. The lowest BCUT2D eigenvalue weighted by Crippen LogP contribution is -2.46. The van der Waals surface area contributed by atoms with Crippen molar-refractivity contribution in [3.8, 4) is 0 Å². The maximum absolute atomic E-state index is 12.6. The molecule has 0 aromatic heterocycles. The second-order valence-electron chi connectivity index (χ2n) is 8.58. The molecule has 0 aliphatic heterocycles. The van der Waals surface area contributed by atoms with E-state index in [1.165, 1.54) is 12.1 Å². The van der Waals surface area contributed by atoms with Gasteiger partial charge in [0, 0.05) is 0 Å². The molecule has 0 aliphatic carbocycles. The van der Waals surface area contributed by atoms with Crippen LogP contribution in [0.1, 0.15) is 52.6 Å². The summed E-state index contributed by atoms with van der Waals surface area (Å²) in [5, 5.41) is 19.1. The number of ether oxygens (including phenoxy) is 6. The van der Waals surface area contributed by atoms with Gasteiger partial charge in [0.05, 0.1) is 63.5 Å². The predicted molar refractivity (Wildman–Crippen MR) is 141 cm³/mol. The molecule has 2 unspecified atom stereocenters. The summed E-state index contributed by atoms with van der Waals surface area (Å²) in [6.07, 6.45) is -6.41. The molecule has 44 heavy (non-hydrogen) atoms. The highest BCUT2D eigenvalue weighted by atomic mass is 16.6. The van der Waals surface area contributed by atoms with Crippen molar-refractivity contribution in [1.29, 1.82) is 0 Å². The molecule has 2 N–H and O–H groups in total. The first-order valence-corrected chi connectivity index (χ1v) is 12.2. The van der Waals surface area contributed by atoms with E-state index in [0.29, 0.717) is 0 Å². The minimum atomic E-state index is -2.51. The highest BCUT2D eigenvalue weighted by molar-refractivity contribution is 6.04. The molecular weight excluding hydrogens is 592 g/mol. The largest absolute Gasteiger partial charge is 0.478 e. The molecule has 0 bridgehead atoms. The average Bonchev–Trinajstić information content (AvgIpc) is 3.00. The van der Waals surface area contributed by atoms with Crippen molar-refractivity contribution in [2.24, 2.45) is 0 Å². The maximum atomic E-state index is 12.6. The summed E-state index contributed by atoms with van der Waals surface area (Å²) in [6.45, 7) is 0. The van der Waals surface area contributed by atoms with Gasteiger partial charge in [-0.2, -0.15) is 0 Å². The van der Waals surface area contributed by atoms with Crippen LogP contribution in [0.15, 0.2) is 36.4 Å². The van der Waals surface area contributed by atoms with Crippen LogP contribution in [0, 0.1) is 0 Å². The van der Waals surface area contributed by atoms with E-state index in [-0.39, 0.29) is 33.4 Å². The summed E-state index contributed by atoms with van der Waals surface area (Å²) in [5.74, 6) is -10.2. The molecule has 0 saturated carbocycles. The number of carboxylic acids is 2. The molecule has 0 aliphatic rings. The van der Waals surface area contributed by atoms with Crippen molar-refractivity contribution < 1.29 is 77.0 Å². The van der Waals surface area contributed by atoms with Gasteiger partial charge in [0.1, 0.15) is 0 Å². The highest BCUT2D eigenvalue weighted by Crippen LogP contribution is 2.19. The molecule has 0 spiro atoms.